The van der Waals surface area contributed by atoms with Crippen LogP contribution in [-0.2, 0) is 6.42 Å². The average Bonchev–Trinajstić information content (AvgIpc) is 3.15. The van der Waals surface area contributed by atoms with Crippen molar-refractivity contribution in [3.8, 4) is 0 Å². The van der Waals surface area contributed by atoms with Crippen LogP contribution in [0.2, 0.25) is 0 Å². The summed E-state index contributed by atoms with van der Waals surface area (Å²) in [7, 11) is 3.61. The zero-order valence-electron chi connectivity index (χ0n) is 18.4. The third-order valence-corrected chi connectivity index (χ3v) is 6.72. The van der Waals surface area contributed by atoms with Crippen LogP contribution in [0.15, 0.2) is 30.6 Å². The van der Waals surface area contributed by atoms with E-state index in [1.807, 2.05) is 18.5 Å². The molecular formula is C23H30N6OS. The molecule has 1 amide bonds. The van der Waals surface area contributed by atoms with Crippen molar-refractivity contribution in [1.82, 2.24) is 20.2 Å². The number of hydrogen-bond acceptors (Lipinski definition) is 7. The van der Waals surface area contributed by atoms with E-state index in [4.69, 9.17) is 0 Å². The summed E-state index contributed by atoms with van der Waals surface area (Å²) in [5.41, 5.74) is 2.27. The first kappa shape index (κ1) is 21.5. The molecule has 1 aliphatic rings. The number of nitrogens with one attached hydrogen (secondary N) is 2. The third kappa shape index (κ3) is 4.80. The van der Waals surface area contributed by atoms with Gasteiger partial charge in [0.2, 0.25) is 0 Å². The lowest BCUT2D eigenvalue weighted by Gasteiger charge is -2.29. The number of carbonyl (C=O) groups excluding carboxylic acids is 1. The Morgan fingerprint density at radius 1 is 1.19 bits per heavy atom. The van der Waals surface area contributed by atoms with Gasteiger partial charge in [0, 0.05) is 51.9 Å². The summed E-state index contributed by atoms with van der Waals surface area (Å²) < 4.78 is 1.05. The minimum atomic E-state index is 0.0620. The number of piperazine rings is 1. The number of unbranched alkanes of at least 4 members (excludes halogenated alkanes) is 1. The van der Waals surface area contributed by atoms with Crippen LogP contribution in [0.4, 0.5) is 17.3 Å². The predicted molar refractivity (Wildman–Crippen MR) is 129 cm³/mol. The van der Waals surface area contributed by atoms with Crippen molar-refractivity contribution in [1.29, 1.82) is 0 Å². The molecule has 1 fully saturated rings. The van der Waals surface area contributed by atoms with Gasteiger partial charge >= 0.3 is 0 Å². The highest BCUT2D eigenvalue weighted by atomic mass is 32.1. The number of hydrogen-bond donors (Lipinski definition) is 2. The Balaban J connectivity index is 1.58. The zero-order valence-corrected chi connectivity index (χ0v) is 19.3. The highest BCUT2D eigenvalue weighted by Gasteiger charge is 2.20. The Hall–Kier alpha value is -2.71. The number of pyridine rings is 2. The molecule has 4 heterocycles. The van der Waals surface area contributed by atoms with Gasteiger partial charge in [0.05, 0.1) is 21.5 Å². The molecule has 0 spiro atoms. The Morgan fingerprint density at radius 3 is 2.65 bits per heavy atom. The zero-order chi connectivity index (χ0) is 21.8. The molecule has 3 aromatic heterocycles. The van der Waals surface area contributed by atoms with Gasteiger partial charge in [0.1, 0.15) is 11.6 Å². The molecule has 3 aromatic rings. The van der Waals surface area contributed by atoms with E-state index < -0.39 is 0 Å². The van der Waals surface area contributed by atoms with Gasteiger partial charge in [-0.15, -0.1) is 11.3 Å². The van der Waals surface area contributed by atoms with Gasteiger partial charge in [0.25, 0.3) is 5.91 Å². The van der Waals surface area contributed by atoms with E-state index in [0.29, 0.717) is 0 Å². The largest absolute Gasteiger partial charge is 0.368 e. The molecule has 0 atom stereocenters. The number of aromatic nitrogens is 2. The van der Waals surface area contributed by atoms with E-state index in [-0.39, 0.29) is 5.91 Å². The van der Waals surface area contributed by atoms with Crippen LogP contribution in [0, 0.1) is 0 Å². The number of fused-ring (bicyclic) bond motifs is 1. The fourth-order valence-electron chi connectivity index (χ4n) is 3.80. The maximum Gasteiger partial charge on any atom is 0.263 e. The van der Waals surface area contributed by atoms with Crippen LogP contribution in [0.5, 0.6) is 0 Å². The van der Waals surface area contributed by atoms with Gasteiger partial charge in [-0.2, -0.15) is 0 Å². The van der Waals surface area contributed by atoms with Gasteiger partial charge in [0.15, 0.2) is 0 Å². The maximum absolute atomic E-state index is 12.7. The molecule has 0 unspecified atom stereocenters. The summed E-state index contributed by atoms with van der Waals surface area (Å²) in [6, 6.07) is 6.15. The number of thiophene rings is 1. The van der Waals surface area contributed by atoms with Gasteiger partial charge in [-0.25, -0.2) is 9.97 Å². The first-order chi connectivity index (χ1) is 15.1. The molecule has 8 heteroatoms. The van der Waals surface area contributed by atoms with E-state index in [9.17, 15) is 4.79 Å². The average molecular weight is 439 g/mol. The molecule has 0 bridgehead atoms. The first-order valence-corrected chi connectivity index (χ1v) is 11.7. The normalized spacial score (nSPS) is 14.1. The van der Waals surface area contributed by atoms with Crippen molar-refractivity contribution in [2.75, 3.05) is 50.5 Å². The second-order valence-corrected chi connectivity index (χ2v) is 9.09. The van der Waals surface area contributed by atoms with Crippen LogP contribution in [0.25, 0.3) is 10.1 Å². The number of carbonyl (C=O) groups is 1. The number of aryl methyl sites for hydroxylation is 1. The molecular weight excluding hydrogens is 408 g/mol. The number of rotatable bonds is 7. The summed E-state index contributed by atoms with van der Waals surface area (Å²) in [5, 5.41) is 7.81. The molecule has 0 aromatic carbocycles. The number of anilines is 3. The Morgan fingerprint density at radius 2 is 1.97 bits per heavy atom. The predicted octanol–water partition coefficient (Wildman–Crippen LogP) is 3.89. The van der Waals surface area contributed by atoms with Crippen LogP contribution in [0.1, 0.15) is 35.0 Å². The van der Waals surface area contributed by atoms with E-state index in [1.165, 1.54) is 11.3 Å². The highest BCUT2D eigenvalue weighted by molar-refractivity contribution is 7.21. The maximum atomic E-state index is 12.7. The molecule has 1 aliphatic heterocycles. The van der Waals surface area contributed by atoms with E-state index >= 15 is 0 Å². The lowest BCUT2D eigenvalue weighted by Crippen LogP contribution is -2.43. The quantitative estimate of drug-likeness (QED) is 0.583. The van der Waals surface area contributed by atoms with Crippen molar-refractivity contribution >= 4 is 44.7 Å². The van der Waals surface area contributed by atoms with Gasteiger partial charge < -0.3 is 20.4 Å². The number of amides is 1. The molecule has 0 radical (unpaired) electrons. The molecule has 1 saturated heterocycles. The standard InChI is InChI=1S/C23H30N6OS/c1-4-5-6-17-18-13-21(26-15-19(18)31-22(17)23(30)28(2)3)27-20-8-7-16(14-25-20)29-11-9-24-10-12-29/h7-8,13-15,24H,4-6,9-12H2,1-3H3,(H,25,26,27). The van der Waals surface area contributed by atoms with Gasteiger partial charge in [-0.3, -0.25) is 4.79 Å². The lowest BCUT2D eigenvalue weighted by atomic mass is 10.0. The monoisotopic (exact) mass is 438 g/mol. The Kier molecular flexibility index (Phi) is 6.67. The van der Waals surface area contributed by atoms with Gasteiger partial charge in [-0.05, 0) is 36.6 Å². The fraction of sp³-hybridized carbons (Fsp3) is 0.435. The summed E-state index contributed by atoms with van der Waals surface area (Å²) in [4.78, 5) is 26.7. The molecule has 2 N–H and O–H groups in total. The van der Waals surface area contributed by atoms with Crippen LogP contribution in [-0.4, -0.2) is 61.0 Å². The van der Waals surface area contributed by atoms with Crippen LogP contribution in [0.3, 0.4) is 0 Å². The van der Waals surface area contributed by atoms with Crippen LogP contribution >= 0.6 is 11.3 Å². The second-order valence-electron chi connectivity index (χ2n) is 8.04. The molecule has 0 saturated carbocycles. The van der Waals surface area contributed by atoms with Crippen molar-refractivity contribution in [3.05, 3.63) is 41.0 Å². The fourth-order valence-corrected chi connectivity index (χ4v) is 5.02. The van der Waals surface area contributed by atoms with Crippen LogP contribution < -0.4 is 15.5 Å². The minimum absolute atomic E-state index is 0.0620. The summed E-state index contributed by atoms with van der Waals surface area (Å²) in [6.07, 6.45) is 6.81. The lowest BCUT2D eigenvalue weighted by molar-refractivity contribution is 0.0831. The molecule has 0 aliphatic carbocycles. The van der Waals surface area contributed by atoms with Crippen molar-refractivity contribution < 1.29 is 4.79 Å². The summed E-state index contributed by atoms with van der Waals surface area (Å²) in [5.74, 6) is 1.57. The van der Waals surface area contributed by atoms with Crippen molar-refractivity contribution in [3.63, 3.8) is 0 Å². The SMILES string of the molecule is CCCCc1c(C(=O)N(C)C)sc2cnc(Nc3ccc(N4CCNCC4)cn3)cc12. The smallest absolute Gasteiger partial charge is 0.263 e. The molecule has 164 valence electrons. The third-order valence-electron chi connectivity index (χ3n) is 5.55. The Labute approximate surface area is 187 Å². The van der Waals surface area contributed by atoms with E-state index in [0.717, 1.165) is 83.3 Å². The topological polar surface area (TPSA) is 73.4 Å². The van der Waals surface area contributed by atoms with E-state index in [1.54, 1.807) is 19.0 Å². The first-order valence-electron chi connectivity index (χ1n) is 10.9. The highest BCUT2D eigenvalue weighted by Crippen LogP contribution is 2.34. The number of nitrogens with zero attached hydrogens (tertiary/aromatic N) is 4. The van der Waals surface area contributed by atoms with E-state index in [2.05, 4.69) is 44.6 Å². The van der Waals surface area contributed by atoms with Crippen molar-refractivity contribution in [2.45, 2.75) is 26.2 Å². The molecule has 31 heavy (non-hydrogen) atoms. The molecule has 7 nitrogen and oxygen atoms in total. The summed E-state index contributed by atoms with van der Waals surface area (Å²) in [6.45, 7) is 6.18. The summed E-state index contributed by atoms with van der Waals surface area (Å²) >= 11 is 1.54. The Bertz CT molecular complexity index is 1040. The second kappa shape index (κ2) is 9.62. The van der Waals surface area contributed by atoms with Crippen molar-refractivity contribution in [2.24, 2.45) is 0 Å². The minimum Gasteiger partial charge on any atom is -0.368 e. The molecule has 4 rings (SSSR count). The van der Waals surface area contributed by atoms with Gasteiger partial charge in [-0.1, -0.05) is 13.3 Å².